The molecule has 4 rings (SSSR count). The van der Waals surface area contributed by atoms with Crippen LogP contribution in [0.25, 0.3) is 0 Å². The van der Waals surface area contributed by atoms with Crippen molar-refractivity contribution in [3.8, 4) is 0 Å². The van der Waals surface area contributed by atoms with Crippen LogP contribution in [0.5, 0.6) is 0 Å². The molecule has 3 aliphatic rings. The second-order valence-electron chi connectivity index (χ2n) is 8.77. The van der Waals surface area contributed by atoms with E-state index in [-0.39, 0.29) is 5.82 Å². The van der Waals surface area contributed by atoms with Crippen molar-refractivity contribution in [1.82, 2.24) is 14.7 Å². The lowest BCUT2D eigenvalue weighted by Crippen LogP contribution is -2.48. The van der Waals surface area contributed by atoms with Gasteiger partial charge in [0.1, 0.15) is 5.82 Å². The van der Waals surface area contributed by atoms with Gasteiger partial charge in [0.05, 0.1) is 11.8 Å². The van der Waals surface area contributed by atoms with Gasteiger partial charge in [-0.15, -0.1) is 0 Å². The third-order valence-electron chi connectivity index (χ3n) is 7.13. The fraction of sp³-hybridized carbons (Fsp3) is 0.583. The SMILES string of the molecule is C/C=C1\C2=C(C)N(C)CCN2[C@H]2CCN(CCCC(O)c3ccc(F)cc3)C[C@@H]12. The van der Waals surface area contributed by atoms with E-state index < -0.39 is 6.10 Å². The second-order valence-corrected chi connectivity index (χ2v) is 8.77. The Morgan fingerprint density at radius 2 is 1.97 bits per heavy atom. The topological polar surface area (TPSA) is 30.0 Å². The molecule has 0 radical (unpaired) electrons. The largest absolute Gasteiger partial charge is 0.388 e. The Balaban J connectivity index is 1.36. The van der Waals surface area contributed by atoms with E-state index in [0.717, 1.165) is 44.7 Å². The minimum Gasteiger partial charge on any atom is -0.388 e. The molecule has 4 nitrogen and oxygen atoms in total. The number of hydrogen-bond acceptors (Lipinski definition) is 4. The van der Waals surface area contributed by atoms with Crippen molar-refractivity contribution in [3.05, 3.63) is 58.7 Å². The Morgan fingerprint density at radius 1 is 1.21 bits per heavy atom. The second kappa shape index (κ2) is 8.49. The number of halogens is 1. The molecule has 0 spiro atoms. The molecule has 1 aromatic rings. The first-order valence-corrected chi connectivity index (χ1v) is 11.0. The average Bonchev–Trinajstić information content (AvgIpc) is 3.04. The highest BCUT2D eigenvalue weighted by Crippen LogP contribution is 2.45. The van der Waals surface area contributed by atoms with Crippen molar-refractivity contribution < 1.29 is 9.50 Å². The normalized spacial score (nSPS) is 27.4. The van der Waals surface area contributed by atoms with Crippen LogP contribution in [0.1, 0.15) is 44.8 Å². The summed E-state index contributed by atoms with van der Waals surface area (Å²) in [6.07, 6.45) is 4.70. The van der Waals surface area contributed by atoms with Crippen LogP contribution in [0.15, 0.2) is 47.3 Å². The van der Waals surface area contributed by atoms with E-state index in [4.69, 9.17) is 0 Å². The number of piperidine rings is 1. The lowest BCUT2D eigenvalue weighted by molar-refractivity contribution is 0.104. The number of fused-ring (bicyclic) bond motifs is 3. The molecule has 0 amide bonds. The van der Waals surface area contributed by atoms with Crippen LogP contribution in [0.4, 0.5) is 4.39 Å². The summed E-state index contributed by atoms with van der Waals surface area (Å²) in [4.78, 5) is 7.63. The van der Waals surface area contributed by atoms with E-state index in [0.29, 0.717) is 18.4 Å². The van der Waals surface area contributed by atoms with Gasteiger partial charge in [0.25, 0.3) is 0 Å². The minimum atomic E-state index is -0.511. The van der Waals surface area contributed by atoms with Gasteiger partial charge in [-0.2, -0.15) is 0 Å². The summed E-state index contributed by atoms with van der Waals surface area (Å²) in [5.74, 6) is 0.334. The van der Waals surface area contributed by atoms with Gasteiger partial charge >= 0.3 is 0 Å². The summed E-state index contributed by atoms with van der Waals surface area (Å²) in [7, 11) is 2.20. The van der Waals surface area contributed by atoms with E-state index in [9.17, 15) is 9.50 Å². The maximum Gasteiger partial charge on any atom is 0.123 e. The summed E-state index contributed by atoms with van der Waals surface area (Å²) in [6.45, 7) is 9.93. The quantitative estimate of drug-likeness (QED) is 0.816. The van der Waals surface area contributed by atoms with E-state index in [2.05, 4.69) is 41.7 Å². The molecule has 0 saturated carbocycles. The Bertz CT molecular complexity index is 788. The van der Waals surface area contributed by atoms with Crippen LogP contribution in [0, 0.1) is 11.7 Å². The number of nitrogens with zero attached hydrogens (tertiary/aromatic N) is 3. The van der Waals surface area contributed by atoms with Gasteiger partial charge in [0.15, 0.2) is 0 Å². The number of allylic oxidation sites excluding steroid dienone is 3. The van der Waals surface area contributed by atoms with Crippen LogP contribution in [0.3, 0.4) is 0 Å². The Hall–Kier alpha value is -1.85. The zero-order valence-corrected chi connectivity index (χ0v) is 17.9. The fourth-order valence-corrected chi connectivity index (χ4v) is 5.41. The van der Waals surface area contributed by atoms with Crippen molar-refractivity contribution >= 4 is 0 Å². The maximum absolute atomic E-state index is 13.1. The molecule has 3 heterocycles. The van der Waals surface area contributed by atoms with Crippen molar-refractivity contribution in [1.29, 1.82) is 0 Å². The zero-order chi connectivity index (χ0) is 20.5. The monoisotopic (exact) mass is 399 g/mol. The first-order valence-electron chi connectivity index (χ1n) is 11.0. The molecule has 1 unspecified atom stereocenters. The van der Waals surface area contributed by atoms with E-state index in [1.165, 1.54) is 35.5 Å². The lowest BCUT2D eigenvalue weighted by Gasteiger charge is -2.41. The highest BCUT2D eigenvalue weighted by atomic mass is 19.1. The molecule has 3 atom stereocenters. The number of benzene rings is 1. The standard InChI is InChI=1S/C24H34FN3O/c1-4-20-21-16-27(12-5-6-23(29)18-7-9-19(25)10-8-18)13-11-22(21)28-15-14-26(3)17(2)24(20)28/h4,7-10,21-23,29H,5-6,11-16H2,1-3H3/b20-4-/t21-,22-,23?/m0/s1. The van der Waals surface area contributed by atoms with E-state index in [1.807, 2.05) is 0 Å². The highest BCUT2D eigenvalue weighted by molar-refractivity contribution is 5.43. The molecule has 2 fully saturated rings. The van der Waals surface area contributed by atoms with Gasteiger partial charge < -0.3 is 19.8 Å². The van der Waals surface area contributed by atoms with Crippen LogP contribution in [-0.2, 0) is 0 Å². The third kappa shape index (κ3) is 3.95. The highest BCUT2D eigenvalue weighted by Gasteiger charge is 2.45. The minimum absolute atomic E-state index is 0.256. The summed E-state index contributed by atoms with van der Waals surface area (Å²) < 4.78 is 13.1. The Kier molecular flexibility index (Phi) is 5.98. The summed E-state index contributed by atoms with van der Waals surface area (Å²) in [5.41, 5.74) is 5.22. The first-order chi connectivity index (χ1) is 14.0. The van der Waals surface area contributed by atoms with Crippen LogP contribution < -0.4 is 0 Å². The van der Waals surface area contributed by atoms with Gasteiger partial charge in [-0.1, -0.05) is 18.2 Å². The van der Waals surface area contributed by atoms with Gasteiger partial charge in [0.2, 0.25) is 0 Å². The van der Waals surface area contributed by atoms with Crippen molar-refractivity contribution in [2.75, 3.05) is 39.8 Å². The first kappa shape index (κ1) is 20.4. The van der Waals surface area contributed by atoms with E-state index >= 15 is 0 Å². The Morgan fingerprint density at radius 3 is 2.69 bits per heavy atom. The molecule has 158 valence electrons. The zero-order valence-electron chi connectivity index (χ0n) is 17.9. The van der Waals surface area contributed by atoms with Crippen molar-refractivity contribution in [3.63, 3.8) is 0 Å². The van der Waals surface area contributed by atoms with Crippen LogP contribution in [-0.4, -0.2) is 65.6 Å². The van der Waals surface area contributed by atoms with Crippen LogP contribution in [0.2, 0.25) is 0 Å². The average molecular weight is 400 g/mol. The predicted octanol–water partition coefficient (Wildman–Crippen LogP) is 3.77. The van der Waals surface area contributed by atoms with E-state index in [1.54, 1.807) is 12.1 Å². The van der Waals surface area contributed by atoms with Gasteiger partial charge in [-0.05, 0) is 62.9 Å². The number of rotatable bonds is 5. The molecule has 29 heavy (non-hydrogen) atoms. The van der Waals surface area contributed by atoms with Crippen molar-refractivity contribution in [2.24, 2.45) is 5.92 Å². The molecule has 1 aromatic carbocycles. The molecule has 3 aliphatic heterocycles. The molecule has 0 aromatic heterocycles. The summed E-state index contributed by atoms with van der Waals surface area (Å²) in [5, 5.41) is 10.4. The van der Waals surface area contributed by atoms with Gasteiger partial charge in [0, 0.05) is 50.9 Å². The number of likely N-dealkylation sites (tertiary alicyclic amines) is 1. The van der Waals surface area contributed by atoms with Gasteiger partial charge in [-0.25, -0.2) is 4.39 Å². The van der Waals surface area contributed by atoms with Crippen molar-refractivity contribution in [2.45, 2.75) is 45.3 Å². The molecule has 1 N–H and O–H groups in total. The lowest BCUT2D eigenvalue weighted by atomic mass is 9.88. The number of likely N-dealkylation sites (N-methyl/N-ethyl adjacent to an activating group) is 1. The number of aliphatic hydroxyl groups excluding tert-OH is 1. The number of aliphatic hydroxyl groups is 1. The fourth-order valence-electron chi connectivity index (χ4n) is 5.41. The summed E-state index contributed by atoms with van der Waals surface area (Å²) >= 11 is 0. The Labute approximate surface area is 174 Å². The molecule has 0 aliphatic carbocycles. The predicted molar refractivity (Wildman–Crippen MR) is 115 cm³/mol. The molecular weight excluding hydrogens is 365 g/mol. The molecule has 5 heteroatoms. The molecule has 0 bridgehead atoms. The van der Waals surface area contributed by atoms with Gasteiger partial charge in [-0.3, -0.25) is 0 Å². The number of hydrogen-bond donors (Lipinski definition) is 1. The smallest absolute Gasteiger partial charge is 0.123 e. The maximum atomic E-state index is 13.1. The molecule has 2 saturated heterocycles. The van der Waals surface area contributed by atoms with Crippen LogP contribution >= 0.6 is 0 Å². The third-order valence-corrected chi connectivity index (χ3v) is 7.13. The molecular formula is C24H34FN3O. The summed E-state index contributed by atoms with van der Waals surface area (Å²) in [6, 6.07) is 6.86.